The van der Waals surface area contributed by atoms with Gasteiger partial charge in [-0.3, -0.25) is 0 Å². The minimum Gasteiger partial charge on any atom is -0.453 e. The Morgan fingerprint density at radius 2 is 1.91 bits per heavy atom. The van der Waals surface area contributed by atoms with Crippen molar-refractivity contribution in [1.29, 1.82) is 0 Å². The minimum atomic E-state index is -4.38. The van der Waals surface area contributed by atoms with Gasteiger partial charge in [-0.25, -0.2) is 36.5 Å². The van der Waals surface area contributed by atoms with Crippen LogP contribution in [0.3, 0.4) is 0 Å². The lowest BCUT2D eigenvalue weighted by Crippen LogP contribution is -2.47. The van der Waals surface area contributed by atoms with Gasteiger partial charge in [-0.1, -0.05) is 11.6 Å². The number of methoxy groups -OCH3 is 1. The van der Waals surface area contributed by atoms with Crippen LogP contribution in [-0.2, 0) is 26.0 Å². The zero-order valence-corrected chi connectivity index (χ0v) is 19.2. The van der Waals surface area contributed by atoms with Gasteiger partial charge in [-0.2, -0.15) is 0 Å². The van der Waals surface area contributed by atoms with Crippen molar-refractivity contribution in [2.45, 2.75) is 17.5 Å². The van der Waals surface area contributed by atoms with Gasteiger partial charge in [-0.05, 0) is 18.2 Å². The van der Waals surface area contributed by atoms with Crippen LogP contribution in [0.25, 0.3) is 22.4 Å². The van der Waals surface area contributed by atoms with E-state index in [1.165, 1.54) is 22.6 Å². The number of hydrogen-bond acceptors (Lipinski definition) is 6. The third kappa shape index (κ3) is 4.56. The fourth-order valence-electron chi connectivity index (χ4n) is 3.75. The molecule has 0 bridgehead atoms. The molecule has 1 atom stereocenters. The molecule has 1 aliphatic rings. The first-order chi connectivity index (χ1) is 16.0. The molecule has 1 amide bonds. The van der Waals surface area contributed by atoms with Crippen molar-refractivity contribution < 1.29 is 35.9 Å². The molecule has 1 fully saturated rings. The predicted octanol–water partition coefficient (Wildman–Crippen LogP) is 2.89. The van der Waals surface area contributed by atoms with Crippen LogP contribution in [0.2, 0.25) is 5.02 Å². The van der Waals surface area contributed by atoms with E-state index in [4.69, 9.17) is 26.2 Å². The molecule has 0 aliphatic carbocycles. The molecule has 2 heterocycles. The maximum absolute atomic E-state index is 15.0. The van der Waals surface area contributed by atoms with Crippen molar-refractivity contribution in [3.8, 4) is 11.4 Å². The molecular formula is C20H18ClF3N4O5S. The number of fused-ring (bicyclic) bond motifs is 1. The van der Waals surface area contributed by atoms with E-state index in [0.29, 0.717) is 12.1 Å². The number of aromatic nitrogens is 2. The Bertz CT molecular complexity index is 1380. The topological polar surface area (TPSA) is 117 Å². The van der Waals surface area contributed by atoms with E-state index >= 15 is 0 Å². The highest BCUT2D eigenvalue weighted by Gasteiger charge is 2.29. The summed E-state index contributed by atoms with van der Waals surface area (Å²) in [6.45, 7) is 0.477. The molecule has 1 aromatic heterocycles. The number of primary sulfonamides is 1. The third-order valence-electron chi connectivity index (χ3n) is 5.32. The highest BCUT2D eigenvalue weighted by atomic mass is 35.5. The number of carbonyl (C=O) groups is 1. The Morgan fingerprint density at radius 3 is 2.53 bits per heavy atom. The van der Waals surface area contributed by atoms with Gasteiger partial charge in [0.15, 0.2) is 0 Å². The SMILES string of the molecule is COC(=O)N1CCO[C@@H](Cn2c(-c3c(F)cc(S(N)(=O)=O)cc3F)nc3cc(Cl)c(F)cc32)C1. The van der Waals surface area contributed by atoms with Gasteiger partial charge in [0.05, 0.1) is 59.4 Å². The Kier molecular flexibility index (Phi) is 6.46. The summed E-state index contributed by atoms with van der Waals surface area (Å²) in [6, 6.07) is 3.40. The van der Waals surface area contributed by atoms with E-state index in [9.17, 15) is 26.4 Å². The fraction of sp³-hybridized carbons (Fsp3) is 0.300. The number of sulfonamides is 1. The second-order valence-electron chi connectivity index (χ2n) is 7.52. The molecule has 0 saturated carbocycles. The zero-order chi connectivity index (χ0) is 24.8. The zero-order valence-electron chi connectivity index (χ0n) is 17.6. The minimum absolute atomic E-state index is 0.0732. The number of rotatable bonds is 4. The summed E-state index contributed by atoms with van der Waals surface area (Å²) in [5.41, 5.74) is -0.359. The predicted molar refractivity (Wildman–Crippen MR) is 115 cm³/mol. The van der Waals surface area contributed by atoms with E-state index in [1.807, 2.05) is 0 Å². The van der Waals surface area contributed by atoms with Gasteiger partial charge in [-0.15, -0.1) is 0 Å². The average molecular weight is 519 g/mol. The average Bonchev–Trinajstić information content (AvgIpc) is 3.09. The van der Waals surface area contributed by atoms with Gasteiger partial charge >= 0.3 is 6.09 Å². The highest BCUT2D eigenvalue weighted by molar-refractivity contribution is 7.89. The quantitative estimate of drug-likeness (QED) is 0.567. The molecule has 0 unspecified atom stereocenters. The van der Waals surface area contributed by atoms with Crippen LogP contribution in [0.5, 0.6) is 0 Å². The maximum Gasteiger partial charge on any atom is 0.409 e. The summed E-state index contributed by atoms with van der Waals surface area (Å²) in [4.78, 5) is 16.8. The molecule has 2 aromatic carbocycles. The number of halogens is 4. The van der Waals surface area contributed by atoms with Gasteiger partial charge in [0, 0.05) is 12.6 Å². The number of nitrogens with two attached hydrogens (primary N) is 1. The lowest BCUT2D eigenvalue weighted by molar-refractivity contribution is -0.0310. The van der Waals surface area contributed by atoms with E-state index in [1.54, 1.807) is 0 Å². The standard InChI is InChI=1S/C20H18ClF3N4O5S/c1-32-20(29)27-2-3-33-10(8-27)9-28-17-7-13(22)12(21)6-16(17)26-19(28)18-14(23)4-11(5-15(18)24)34(25,30)31/h4-7,10H,2-3,8-9H2,1H3,(H2,25,30,31)/t10-/m1/s1. The van der Waals surface area contributed by atoms with Crippen LogP contribution >= 0.6 is 11.6 Å². The molecule has 1 aliphatic heterocycles. The van der Waals surface area contributed by atoms with E-state index in [-0.39, 0.29) is 48.1 Å². The van der Waals surface area contributed by atoms with Crippen LogP contribution in [0.4, 0.5) is 18.0 Å². The van der Waals surface area contributed by atoms with Crippen molar-refractivity contribution in [3.05, 3.63) is 46.7 Å². The smallest absolute Gasteiger partial charge is 0.409 e. The van der Waals surface area contributed by atoms with Crippen LogP contribution in [-0.4, -0.2) is 61.9 Å². The van der Waals surface area contributed by atoms with Gasteiger partial charge in [0.25, 0.3) is 0 Å². The number of imidazole rings is 1. The first kappa shape index (κ1) is 24.3. The van der Waals surface area contributed by atoms with Crippen molar-refractivity contribution in [3.63, 3.8) is 0 Å². The van der Waals surface area contributed by atoms with Crippen LogP contribution in [0.1, 0.15) is 0 Å². The lowest BCUT2D eigenvalue weighted by atomic mass is 10.1. The molecule has 2 N–H and O–H groups in total. The second kappa shape index (κ2) is 9.06. The number of nitrogens with zero attached hydrogens (tertiary/aromatic N) is 3. The first-order valence-electron chi connectivity index (χ1n) is 9.81. The van der Waals surface area contributed by atoms with Gasteiger partial charge in [0.2, 0.25) is 10.0 Å². The van der Waals surface area contributed by atoms with Crippen LogP contribution < -0.4 is 5.14 Å². The van der Waals surface area contributed by atoms with Crippen molar-refractivity contribution in [2.24, 2.45) is 5.14 Å². The summed E-state index contributed by atoms with van der Waals surface area (Å²) in [7, 11) is -3.14. The maximum atomic E-state index is 15.0. The van der Waals surface area contributed by atoms with Crippen LogP contribution in [0.15, 0.2) is 29.2 Å². The Balaban J connectivity index is 1.85. The van der Waals surface area contributed by atoms with Crippen LogP contribution in [0, 0.1) is 17.5 Å². The summed E-state index contributed by atoms with van der Waals surface area (Å²) < 4.78 is 79.1. The Labute approximate surface area is 196 Å². The summed E-state index contributed by atoms with van der Waals surface area (Å²) >= 11 is 5.85. The monoisotopic (exact) mass is 518 g/mol. The van der Waals surface area contributed by atoms with Gasteiger partial charge in [0.1, 0.15) is 23.3 Å². The largest absolute Gasteiger partial charge is 0.453 e. The van der Waals surface area contributed by atoms with Crippen molar-refractivity contribution in [1.82, 2.24) is 14.5 Å². The normalized spacial score (nSPS) is 16.8. The fourth-order valence-corrected chi connectivity index (χ4v) is 4.45. The molecule has 9 nitrogen and oxygen atoms in total. The molecule has 14 heteroatoms. The highest BCUT2D eigenvalue weighted by Crippen LogP contribution is 2.33. The summed E-state index contributed by atoms with van der Waals surface area (Å²) in [5, 5.41) is 4.73. The lowest BCUT2D eigenvalue weighted by Gasteiger charge is -2.32. The number of hydrogen-bond donors (Lipinski definition) is 1. The third-order valence-corrected chi connectivity index (χ3v) is 6.50. The molecule has 4 rings (SSSR count). The Morgan fingerprint density at radius 1 is 1.24 bits per heavy atom. The first-order valence-corrected chi connectivity index (χ1v) is 11.7. The van der Waals surface area contributed by atoms with E-state index in [0.717, 1.165) is 6.07 Å². The molecule has 0 radical (unpaired) electrons. The number of ether oxygens (including phenoxy) is 2. The number of benzene rings is 2. The number of amides is 1. The molecule has 0 spiro atoms. The van der Waals surface area contributed by atoms with Crippen molar-refractivity contribution >= 4 is 38.8 Å². The molecule has 34 heavy (non-hydrogen) atoms. The molecular weight excluding hydrogens is 501 g/mol. The molecule has 182 valence electrons. The Hall–Kier alpha value is -2.87. The van der Waals surface area contributed by atoms with Crippen molar-refractivity contribution in [2.75, 3.05) is 26.8 Å². The summed E-state index contributed by atoms with van der Waals surface area (Å²) in [5.74, 6) is -3.53. The van der Waals surface area contributed by atoms with E-state index < -0.39 is 50.1 Å². The number of morpholine rings is 1. The van der Waals surface area contributed by atoms with E-state index in [2.05, 4.69) is 4.98 Å². The summed E-state index contributed by atoms with van der Waals surface area (Å²) in [6.07, 6.45) is -1.23. The molecule has 1 saturated heterocycles. The number of carbonyl (C=O) groups excluding carboxylic acids is 1. The van der Waals surface area contributed by atoms with Gasteiger partial charge < -0.3 is 18.9 Å². The second-order valence-corrected chi connectivity index (χ2v) is 9.49. The molecule has 3 aromatic rings.